The minimum Gasteiger partial charge on any atom is -0.354 e. The van der Waals surface area contributed by atoms with Crippen LogP contribution in [0.4, 0.5) is 5.82 Å². The summed E-state index contributed by atoms with van der Waals surface area (Å²) in [5.41, 5.74) is 4.91. The van der Waals surface area contributed by atoms with Gasteiger partial charge in [0.1, 0.15) is 5.82 Å². The van der Waals surface area contributed by atoms with Crippen molar-refractivity contribution >= 4 is 11.5 Å². The molecule has 2 aromatic heterocycles. The molecule has 6 nitrogen and oxygen atoms in total. The highest BCUT2D eigenvalue weighted by molar-refractivity contribution is 5.62. The number of nitrogens with one attached hydrogen (secondary N) is 1. The van der Waals surface area contributed by atoms with Gasteiger partial charge in [0, 0.05) is 56.9 Å². The van der Waals surface area contributed by atoms with E-state index in [1.165, 1.54) is 0 Å². The zero-order valence-electron chi connectivity index (χ0n) is 13.9. The topological polar surface area (TPSA) is 53.5 Å². The van der Waals surface area contributed by atoms with Crippen LogP contribution in [0.25, 0.3) is 5.70 Å². The molecule has 0 saturated carbocycles. The number of rotatable bonds is 6. The van der Waals surface area contributed by atoms with E-state index in [4.69, 9.17) is 4.84 Å². The Morgan fingerprint density at radius 3 is 2.71 bits per heavy atom. The van der Waals surface area contributed by atoms with Crippen LogP contribution in [0.2, 0.25) is 0 Å². The molecule has 3 heterocycles. The Kier molecular flexibility index (Phi) is 5.76. The van der Waals surface area contributed by atoms with E-state index in [1.807, 2.05) is 36.7 Å². The molecule has 1 aliphatic heterocycles. The van der Waals surface area contributed by atoms with Crippen LogP contribution in [-0.2, 0) is 4.84 Å². The number of piperazine rings is 1. The van der Waals surface area contributed by atoms with Gasteiger partial charge >= 0.3 is 0 Å². The third-order valence-electron chi connectivity index (χ3n) is 4.08. The van der Waals surface area contributed by atoms with Crippen molar-refractivity contribution in [2.75, 3.05) is 44.7 Å². The van der Waals surface area contributed by atoms with Gasteiger partial charge in [0.2, 0.25) is 0 Å². The van der Waals surface area contributed by atoms with Gasteiger partial charge in [-0.25, -0.2) is 4.98 Å². The molecule has 0 unspecified atom stereocenters. The van der Waals surface area contributed by atoms with Crippen molar-refractivity contribution < 1.29 is 4.84 Å². The molecule has 0 aromatic carbocycles. The summed E-state index contributed by atoms with van der Waals surface area (Å²) in [6.45, 7) is 4.88. The molecule has 1 fully saturated rings. The number of aromatic nitrogens is 2. The second-order valence-corrected chi connectivity index (χ2v) is 5.64. The summed E-state index contributed by atoms with van der Waals surface area (Å²) >= 11 is 0. The van der Waals surface area contributed by atoms with Crippen LogP contribution in [-0.4, -0.2) is 54.7 Å². The molecular formula is C18H23N5O. The molecule has 1 saturated heterocycles. The van der Waals surface area contributed by atoms with Gasteiger partial charge in [-0.3, -0.25) is 20.2 Å². The highest BCUT2D eigenvalue weighted by Gasteiger charge is 2.17. The van der Waals surface area contributed by atoms with Gasteiger partial charge in [-0.05, 0) is 30.3 Å². The molecule has 2 aromatic rings. The summed E-state index contributed by atoms with van der Waals surface area (Å²) in [6, 6.07) is 10.00. The van der Waals surface area contributed by atoms with E-state index in [0.29, 0.717) is 0 Å². The Hall–Kier alpha value is -2.44. The van der Waals surface area contributed by atoms with E-state index in [-0.39, 0.29) is 0 Å². The Labute approximate surface area is 142 Å². The van der Waals surface area contributed by atoms with Crippen LogP contribution in [0.3, 0.4) is 0 Å². The van der Waals surface area contributed by atoms with Crippen molar-refractivity contribution in [2.24, 2.45) is 0 Å². The summed E-state index contributed by atoms with van der Waals surface area (Å²) in [4.78, 5) is 18.4. The van der Waals surface area contributed by atoms with E-state index in [2.05, 4.69) is 37.4 Å². The van der Waals surface area contributed by atoms with Crippen LogP contribution in [0.15, 0.2) is 55.0 Å². The maximum Gasteiger partial charge on any atom is 0.128 e. The lowest BCUT2D eigenvalue weighted by molar-refractivity contribution is 0.136. The van der Waals surface area contributed by atoms with Gasteiger partial charge in [0.15, 0.2) is 0 Å². The first-order valence-corrected chi connectivity index (χ1v) is 8.14. The maximum atomic E-state index is 5.09. The second kappa shape index (κ2) is 8.42. The number of nitrogens with zero attached hydrogens (tertiary/aromatic N) is 4. The Bertz CT molecular complexity index is 639. The second-order valence-electron chi connectivity index (χ2n) is 5.64. The zero-order valence-corrected chi connectivity index (χ0v) is 13.9. The van der Waals surface area contributed by atoms with Crippen LogP contribution in [0.1, 0.15) is 5.56 Å². The predicted molar refractivity (Wildman–Crippen MR) is 95.2 cm³/mol. The van der Waals surface area contributed by atoms with E-state index in [0.717, 1.165) is 49.8 Å². The molecule has 0 bridgehead atoms. The first kappa shape index (κ1) is 16.4. The molecule has 1 aliphatic rings. The standard InChI is InChI=1S/C18H23N5O/c1-24-21-17(16-5-4-8-19-15-16)7-10-22-11-13-23(14-12-22)18-6-2-3-9-20-18/h2-9,15,21H,10-14H2,1H3. The van der Waals surface area contributed by atoms with Gasteiger partial charge in [-0.15, -0.1) is 0 Å². The number of hydroxylamine groups is 1. The van der Waals surface area contributed by atoms with Crippen molar-refractivity contribution in [2.45, 2.75) is 0 Å². The quantitative estimate of drug-likeness (QED) is 0.817. The molecule has 3 rings (SSSR count). The fourth-order valence-corrected chi connectivity index (χ4v) is 2.77. The molecule has 0 spiro atoms. The third kappa shape index (κ3) is 4.31. The zero-order chi connectivity index (χ0) is 16.6. The van der Waals surface area contributed by atoms with Crippen LogP contribution >= 0.6 is 0 Å². The molecule has 0 aliphatic carbocycles. The highest BCUT2D eigenvalue weighted by Crippen LogP contribution is 2.14. The van der Waals surface area contributed by atoms with Crippen molar-refractivity contribution in [3.63, 3.8) is 0 Å². The first-order chi connectivity index (χ1) is 11.9. The summed E-state index contributed by atoms with van der Waals surface area (Å²) in [5, 5.41) is 0. The third-order valence-corrected chi connectivity index (χ3v) is 4.08. The van der Waals surface area contributed by atoms with Gasteiger partial charge in [-0.2, -0.15) is 0 Å². The van der Waals surface area contributed by atoms with Gasteiger partial charge in [0.05, 0.1) is 12.8 Å². The van der Waals surface area contributed by atoms with E-state index >= 15 is 0 Å². The first-order valence-electron chi connectivity index (χ1n) is 8.14. The molecule has 6 heteroatoms. The maximum absolute atomic E-state index is 5.09. The minimum atomic E-state index is 0.872. The molecule has 0 radical (unpaired) electrons. The fourth-order valence-electron chi connectivity index (χ4n) is 2.77. The predicted octanol–water partition coefficient (Wildman–Crippen LogP) is 1.79. The average molecular weight is 325 g/mol. The largest absolute Gasteiger partial charge is 0.354 e. The van der Waals surface area contributed by atoms with Gasteiger partial charge < -0.3 is 4.90 Å². The van der Waals surface area contributed by atoms with Crippen LogP contribution in [0, 0.1) is 0 Å². The average Bonchev–Trinajstić information content (AvgIpc) is 2.67. The van der Waals surface area contributed by atoms with Crippen molar-refractivity contribution in [3.05, 3.63) is 60.6 Å². The Balaban J connectivity index is 1.57. The fraction of sp³-hybridized carbons (Fsp3) is 0.333. The molecule has 0 atom stereocenters. The molecular weight excluding hydrogens is 302 g/mol. The van der Waals surface area contributed by atoms with Gasteiger partial charge in [-0.1, -0.05) is 6.07 Å². The molecule has 126 valence electrons. The molecule has 24 heavy (non-hydrogen) atoms. The number of hydrogen-bond donors (Lipinski definition) is 1. The smallest absolute Gasteiger partial charge is 0.128 e. The van der Waals surface area contributed by atoms with Crippen molar-refractivity contribution in [3.8, 4) is 0 Å². The monoisotopic (exact) mass is 325 g/mol. The molecule has 0 amide bonds. The molecule has 1 N–H and O–H groups in total. The summed E-state index contributed by atoms with van der Waals surface area (Å²) in [5.74, 6) is 1.06. The van der Waals surface area contributed by atoms with Crippen LogP contribution < -0.4 is 10.4 Å². The lowest BCUT2D eigenvalue weighted by Crippen LogP contribution is -2.46. The number of pyridine rings is 2. The highest BCUT2D eigenvalue weighted by atomic mass is 16.6. The summed E-state index contributed by atoms with van der Waals surface area (Å²) in [7, 11) is 1.62. The Morgan fingerprint density at radius 1 is 1.17 bits per heavy atom. The number of hydrogen-bond acceptors (Lipinski definition) is 6. The summed E-state index contributed by atoms with van der Waals surface area (Å²) in [6.07, 6.45) is 7.60. The normalized spacial score (nSPS) is 16.2. The number of anilines is 1. The SMILES string of the molecule is CONC(=CCN1CCN(c2ccccn2)CC1)c1cccnc1. The van der Waals surface area contributed by atoms with E-state index in [9.17, 15) is 0 Å². The minimum absolute atomic E-state index is 0.872. The van der Waals surface area contributed by atoms with E-state index in [1.54, 1.807) is 13.3 Å². The van der Waals surface area contributed by atoms with Crippen molar-refractivity contribution in [1.82, 2.24) is 20.3 Å². The van der Waals surface area contributed by atoms with Gasteiger partial charge in [0.25, 0.3) is 0 Å². The van der Waals surface area contributed by atoms with Crippen LogP contribution in [0.5, 0.6) is 0 Å². The summed E-state index contributed by atoms with van der Waals surface area (Å²) < 4.78 is 0. The Morgan fingerprint density at radius 2 is 2.04 bits per heavy atom. The lowest BCUT2D eigenvalue weighted by Gasteiger charge is -2.34. The van der Waals surface area contributed by atoms with Crippen molar-refractivity contribution in [1.29, 1.82) is 0 Å². The lowest BCUT2D eigenvalue weighted by atomic mass is 10.2. The van der Waals surface area contributed by atoms with E-state index < -0.39 is 0 Å².